The molecule has 56 valence electrons. The van der Waals surface area contributed by atoms with E-state index in [4.69, 9.17) is 0 Å². The summed E-state index contributed by atoms with van der Waals surface area (Å²) < 4.78 is 0. The summed E-state index contributed by atoms with van der Waals surface area (Å²) in [5.41, 5.74) is 1.76. The van der Waals surface area contributed by atoms with Crippen molar-refractivity contribution in [2.75, 3.05) is 0 Å². The van der Waals surface area contributed by atoms with Crippen molar-refractivity contribution in [1.29, 1.82) is 0 Å². The number of fused-ring (bicyclic) bond motifs is 1. The molecule has 1 aromatic rings. The first kappa shape index (κ1) is 6.95. The maximum atomic E-state index is 9.47. The summed E-state index contributed by atoms with van der Waals surface area (Å²) in [5, 5.41) is 11.4. The number of hydrogen-bond acceptors (Lipinski definition) is 2. The molecule has 1 heterocycles. The van der Waals surface area contributed by atoms with Crippen LogP contribution in [0.5, 0.6) is 0 Å². The van der Waals surface area contributed by atoms with Crippen molar-refractivity contribution in [3.63, 3.8) is 0 Å². The van der Waals surface area contributed by atoms with Gasteiger partial charge < -0.3 is 5.11 Å². The molecule has 2 heteroatoms. The monoisotopic (exact) mass is 164 g/mol. The van der Waals surface area contributed by atoms with Crippen molar-refractivity contribution in [2.24, 2.45) is 0 Å². The predicted octanol–water partition coefficient (Wildman–Crippen LogP) is 2.40. The molecule has 0 amide bonds. The Labute approximate surface area is 69.7 Å². The largest absolute Gasteiger partial charge is 0.378 e. The molecule has 1 aliphatic heterocycles. The molecule has 0 bridgehead atoms. The van der Waals surface area contributed by atoms with Crippen LogP contribution in [-0.2, 0) is 0 Å². The third-order valence-corrected chi connectivity index (χ3v) is 2.52. The number of rotatable bonds is 0. The van der Waals surface area contributed by atoms with Crippen LogP contribution in [0.2, 0.25) is 0 Å². The molecule has 1 unspecified atom stereocenters. The number of thioether (sulfide) groups is 1. The van der Waals surface area contributed by atoms with Crippen LogP contribution >= 0.6 is 11.8 Å². The van der Waals surface area contributed by atoms with E-state index in [0.717, 1.165) is 11.1 Å². The lowest BCUT2D eigenvalue weighted by Crippen LogP contribution is -1.96. The second-order valence-electron chi connectivity index (χ2n) is 2.42. The van der Waals surface area contributed by atoms with Crippen LogP contribution in [0.15, 0.2) is 29.7 Å². The number of hydrogen-bond donors (Lipinski definition) is 1. The third-order valence-electron chi connectivity index (χ3n) is 1.72. The summed E-state index contributed by atoms with van der Waals surface area (Å²) >= 11 is 1.44. The highest BCUT2D eigenvalue weighted by Gasteiger charge is 2.12. The molecule has 11 heavy (non-hydrogen) atoms. The lowest BCUT2D eigenvalue weighted by molar-refractivity contribution is 0.270. The van der Waals surface area contributed by atoms with Crippen LogP contribution in [0.3, 0.4) is 0 Å². The molecular weight excluding hydrogens is 156 g/mol. The summed E-state index contributed by atoms with van der Waals surface area (Å²) in [4.78, 5) is 0. The molecule has 1 atom stereocenters. The molecule has 0 spiro atoms. The summed E-state index contributed by atoms with van der Waals surface area (Å²) in [5.74, 6) is 0. The van der Waals surface area contributed by atoms with Crippen molar-refractivity contribution < 1.29 is 5.11 Å². The third kappa shape index (κ3) is 1.19. The van der Waals surface area contributed by atoms with Gasteiger partial charge in [-0.05, 0) is 22.6 Å². The van der Waals surface area contributed by atoms with E-state index in [1.54, 1.807) is 0 Å². The van der Waals surface area contributed by atoms with Gasteiger partial charge in [0.1, 0.15) is 5.44 Å². The molecule has 0 fully saturated rings. The average Bonchev–Trinajstić information content (AvgIpc) is 2.06. The molecule has 0 saturated heterocycles. The minimum absolute atomic E-state index is 0.379. The molecule has 0 aromatic heterocycles. The Morgan fingerprint density at radius 1 is 1.27 bits per heavy atom. The van der Waals surface area contributed by atoms with E-state index in [2.05, 4.69) is 0 Å². The molecule has 1 aromatic carbocycles. The first-order valence-electron chi connectivity index (χ1n) is 3.47. The van der Waals surface area contributed by atoms with E-state index >= 15 is 0 Å². The second-order valence-corrected chi connectivity index (χ2v) is 3.41. The van der Waals surface area contributed by atoms with Gasteiger partial charge in [0.15, 0.2) is 0 Å². The fourth-order valence-corrected chi connectivity index (χ4v) is 1.88. The van der Waals surface area contributed by atoms with E-state index in [0.29, 0.717) is 0 Å². The number of benzene rings is 1. The molecule has 1 aliphatic rings. The number of aliphatic hydroxyl groups excluding tert-OH is 1. The molecule has 0 saturated carbocycles. The summed E-state index contributed by atoms with van der Waals surface area (Å²) in [7, 11) is 0. The zero-order valence-corrected chi connectivity index (χ0v) is 6.71. The normalized spacial score (nSPS) is 21.4. The van der Waals surface area contributed by atoms with Crippen LogP contribution < -0.4 is 0 Å². The molecule has 1 nitrogen and oxygen atoms in total. The van der Waals surface area contributed by atoms with E-state index in [1.165, 1.54) is 11.8 Å². The Kier molecular flexibility index (Phi) is 1.72. The topological polar surface area (TPSA) is 20.2 Å². The summed E-state index contributed by atoms with van der Waals surface area (Å²) in [6.07, 6.45) is 2.02. The fourth-order valence-electron chi connectivity index (χ4n) is 1.15. The van der Waals surface area contributed by atoms with Gasteiger partial charge in [-0.15, -0.1) is 0 Å². The van der Waals surface area contributed by atoms with Crippen molar-refractivity contribution in [3.05, 3.63) is 40.8 Å². The Morgan fingerprint density at radius 2 is 2.09 bits per heavy atom. The zero-order chi connectivity index (χ0) is 7.68. The highest BCUT2D eigenvalue weighted by molar-refractivity contribution is 8.02. The molecule has 2 rings (SSSR count). The van der Waals surface area contributed by atoms with Crippen LogP contribution in [0.25, 0.3) is 6.08 Å². The van der Waals surface area contributed by atoms with Gasteiger partial charge in [-0.3, -0.25) is 0 Å². The fraction of sp³-hybridized carbons (Fsp3) is 0.111. The Morgan fingerprint density at radius 3 is 2.91 bits per heavy atom. The van der Waals surface area contributed by atoms with Crippen LogP contribution in [0, 0.1) is 0 Å². The van der Waals surface area contributed by atoms with Gasteiger partial charge in [-0.1, -0.05) is 36.0 Å². The Hall–Kier alpha value is -0.730. The quantitative estimate of drug-likeness (QED) is 0.635. The standard InChI is InChI=1S/C9H8OS/c10-9-8-4-2-1-3-7(8)5-6-11-9/h1-6,9-10H. The van der Waals surface area contributed by atoms with E-state index < -0.39 is 0 Å². The van der Waals surface area contributed by atoms with Crippen molar-refractivity contribution in [1.82, 2.24) is 0 Å². The van der Waals surface area contributed by atoms with Crippen molar-refractivity contribution in [3.8, 4) is 0 Å². The minimum atomic E-state index is -0.379. The first-order valence-corrected chi connectivity index (χ1v) is 4.41. The summed E-state index contributed by atoms with van der Waals surface area (Å²) in [6, 6.07) is 7.89. The van der Waals surface area contributed by atoms with Gasteiger partial charge in [-0.25, -0.2) is 0 Å². The van der Waals surface area contributed by atoms with E-state index in [-0.39, 0.29) is 5.44 Å². The maximum absolute atomic E-state index is 9.47. The Balaban J connectivity index is 2.54. The predicted molar refractivity (Wildman–Crippen MR) is 48.0 cm³/mol. The van der Waals surface area contributed by atoms with Gasteiger partial charge in [0.25, 0.3) is 0 Å². The first-order chi connectivity index (χ1) is 5.38. The zero-order valence-electron chi connectivity index (χ0n) is 5.90. The van der Waals surface area contributed by atoms with E-state index in [1.807, 2.05) is 35.7 Å². The van der Waals surface area contributed by atoms with Crippen LogP contribution in [0.4, 0.5) is 0 Å². The molecule has 0 aliphatic carbocycles. The highest BCUT2D eigenvalue weighted by atomic mass is 32.2. The summed E-state index contributed by atoms with van der Waals surface area (Å²) in [6.45, 7) is 0. The molecule has 0 radical (unpaired) electrons. The van der Waals surface area contributed by atoms with Gasteiger partial charge in [-0.2, -0.15) is 0 Å². The SMILES string of the molecule is OC1SC=Cc2ccccc21. The average molecular weight is 164 g/mol. The van der Waals surface area contributed by atoms with E-state index in [9.17, 15) is 5.11 Å². The Bertz CT molecular complexity index is 293. The lowest BCUT2D eigenvalue weighted by Gasteiger charge is -2.14. The number of aliphatic hydroxyl groups is 1. The second kappa shape index (κ2) is 2.72. The maximum Gasteiger partial charge on any atom is 0.129 e. The van der Waals surface area contributed by atoms with Gasteiger partial charge in [0, 0.05) is 0 Å². The van der Waals surface area contributed by atoms with Gasteiger partial charge in [0.2, 0.25) is 0 Å². The van der Waals surface area contributed by atoms with Crippen LogP contribution in [0.1, 0.15) is 16.6 Å². The van der Waals surface area contributed by atoms with Gasteiger partial charge in [0.05, 0.1) is 0 Å². The minimum Gasteiger partial charge on any atom is -0.378 e. The molecular formula is C9H8OS. The van der Waals surface area contributed by atoms with Crippen LogP contribution in [-0.4, -0.2) is 5.11 Å². The lowest BCUT2D eigenvalue weighted by atomic mass is 10.1. The van der Waals surface area contributed by atoms with Crippen molar-refractivity contribution in [2.45, 2.75) is 5.44 Å². The highest BCUT2D eigenvalue weighted by Crippen LogP contribution is 2.34. The van der Waals surface area contributed by atoms with Crippen molar-refractivity contribution >= 4 is 17.8 Å². The van der Waals surface area contributed by atoms with Gasteiger partial charge >= 0.3 is 0 Å². The smallest absolute Gasteiger partial charge is 0.129 e. The molecule has 1 N–H and O–H groups in total.